The molecule has 30 heavy (non-hydrogen) atoms. The average Bonchev–Trinajstić information content (AvgIpc) is 2.72. The SMILES string of the molecule is CCCOC(=O)CCCCCCCCCCCCCC(CC(=O)OCCC)C(C)C. The molecule has 0 saturated heterocycles. The summed E-state index contributed by atoms with van der Waals surface area (Å²) in [4.78, 5) is 23.3. The van der Waals surface area contributed by atoms with Gasteiger partial charge in [0.2, 0.25) is 0 Å². The van der Waals surface area contributed by atoms with Gasteiger partial charge in [0.15, 0.2) is 0 Å². The normalized spacial score (nSPS) is 12.2. The van der Waals surface area contributed by atoms with Gasteiger partial charge in [0.1, 0.15) is 0 Å². The largest absolute Gasteiger partial charge is 0.466 e. The Kier molecular flexibility index (Phi) is 20.4. The number of esters is 2. The third kappa shape index (κ3) is 18.9. The van der Waals surface area contributed by atoms with Gasteiger partial charge in [0.05, 0.1) is 13.2 Å². The lowest BCUT2D eigenvalue weighted by Crippen LogP contribution is -2.16. The maximum absolute atomic E-state index is 11.9. The van der Waals surface area contributed by atoms with Crippen LogP contribution in [0.5, 0.6) is 0 Å². The van der Waals surface area contributed by atoms with Crippen molar-refractivity contribution < 1.29 is 19.1 Å². The molecule has 0 fully saturated rings. The lowest BCUT2D eigenvalue weighted by Gasteiger charge is -2.20. The summed E-state index contributed by atoms with van der Waals surface area (Å²) in [5, 5.41) is 0. The number of hydrogen-bond donors (Lipinski definition) is 0. The van der Waals surface area contributed by atoms with Gasteiger partial charge in [-0.2, -0.15) is 0 Å². The van der Waals surface area contributed by atoms with Crippen LogP contribution in [0, 0.1) is 11.8 Å². The summed E-state index contributed by atoms with van der Waals surface area (Å²) in [6.45, 7) is 9.60. The standard InChI is InChI=1S/C26H50O4/c1-5-20-29-25(27)19-17-15-13-11-9-7-8-10-12-14-16-18-24(23(3)4)22-26(28)30-21-6-2/h23-24H,5-22H2,1-4H3. The molecule has 0 aliphatic heterocycles. The molecule has 0 bridgehead atoms. The summed E-state index contributed by atoms with van der Waals surface area (Å²) >= 11 is 0. The molecule has 0 amide bonds. The van der Waals surface area contributed by atoms with E-state index in [1.807, 2.05) is 13.8 Å². The molecule has 0 spiro atoms. The monoisotopic (exact) mass is 426 g/mol. The molecule has 0 aromatic heterocycles. The smallest absolute Gasteiger partial charge is 0.306 e. The van der Waals surface area contributed by atoms with Crippen molar-refractivity contribution in [3.63, 3.8) is 0 Å². The second-order valence-corrected chi connectivity index (χ2v) is 9.08. The van der Waals surface area contributed by atoms with E-state index >= 15 is 0 Å². The zero-order chi connectivity index (χ0) is 22.5. The van der Waals surface area contributed by atoms with Crippen LogP contribution >= 0.6 is 0 Å². The van der Waals surface area contributed by atoms with E-state index < -0.39 is 0 Å². The van der Waals surface area contributed by atoms with Crippen LogP contribution in [-0.4, -0.2) is 25.2 Å². The summed E-state index contributed by atoms with van der Waals surface area (Å²) in [6.07, 6.45) is 17.9. The Bertz CT molecular complexity index is 406. The van der Waals surface area contributed by atoms with Crippen molar-refractivity contribution in [3.8, 4) is 0 Å². The molecule has 0 saturated carbocycles. The van der Waals surface area contributed by atoms with Crippen molar-refractivity contribution in [1.82, 2.24) is 0 Å². The number of carbonyl (C=O) groups excluding carboxylic acids is 2. The molecular formula is C26H50O4. The van der Waals surface area contributed by atoms with Crippen LogP contribution in [0.1, 0.15) is 130 Å². The minimum atomic E-state index is -0.0343. The van der Waals surface area contributed by atoms with Crippen molar-refractivity contribution in [2.75, 3.05) is 13.2 Å². The lowest BCUT2D eigenvalue weighted by atomic mass is 9.87. The predicted molar refractivity (Wildman–Crippen MR) is 125 cm³/mol. The Hall–Kier alpha value is -1.06. The number of rotatable bonds is 21. The summed E-state index contributed by atoms with van der Waals surface area (Å²) in [6, 6.07) is 0. The molecule has 0 aromatic rings. The van der Waals surface area contributed by atoms with Crippen LogP contribution in [0.3, 0.4) is 0 Å². The highest BCUT2D eigenvalue weighted by Gasteiger charge is 2.18. The van der Waals surface area contributed by atoms with Gasteiger partial charge in [0.25, 0.3) is 0 Å². The number of hydrogen-bond acceptors (Lipinski definition) is 4. The molecule has 0 aromatic carbocycles. The zero-order valence-electron chi connectivity index (χ0n) is 20.5. The van der Waals surface area contributed by atoms with Gasteiger partial charge < -0.3 is 9.47 Å². The maximum Gasteiger partial charge on any atom is 0.306 e. The van der Waals surface area contributed by atoms with Crippen molar-refractivity contribution in [1.29, 1.82) is 0 Å². The van der Waals surface area contributed by atoms with E-state index in [2.05, 4.69) is 13.8 Å². The van der Waals surface area contributed by atoms with Crippen LogP contribution in [0.4, 0.5) is 0 Å². The van der Waals surface area contributed by atoms with Gasteiger partial charge in [-0.05, 0) is 37.5 Å². The van der Waals surface area contributed by atoms with Gasteiger partial charge in [0, 0.05) is 12.8 Å². The first-order valence-electron chi connectivity index (χ1n) is 12.8. The molecule has 0 rings (SSSR count). The van der Waals surface area contributed by atoms with Crippen LogP contribution in [0.15, 0.2) is 0 Å². The predicted octanol–water partition coefficient (Wildman–Crippen LogP) is 7.63. The maximum atomic E-state index is 11.9. The van der Waals surface area contributed by atoms with E-state index in [1.54, 1.807) is 0 Å². The fourth-order valence-corrected chi connectivity index (χ4v) is 3.71. The molecule has 0 aliphatic carbocycles. The summed E-state index contributed by atoms with van der Waals surface area (Å²) in [5.41, 5.74) is 0. The van der Waals surface area contributed by atoms with E-state index in [1.165, 1.54) is 57.8 Å². The van der Waals surface area contributed by atoms with Gasteiger partial charge in [-0.1, -0.05) is 91.9 Å². The zero-order valence-corrected chi connectivity index (χ0v) is 20.5. The lowest BCUT2D eigenvalue weighted by molar-refractivity contribution is -0.145. The van der Waals surface area contributed by atoms with E-state index in [4.69, 9.17) is 9.47 Å². The highest BCUT2D eigenvalue weighted by atomic mass is 16.5. The van der Waals surface area contributed by atoms with Gasteiger partial charge >= 0.3 is 11.9 Å². The Balaban J connectivity index is 3.47. The number of carbonyl (C=O) groups is 2. The molecule has 0 radical (unpaired) electrons. The minimum absolute atomic E-state index is 0.0213. The van der Waals surface area contributed by atoms with Crippen LogP contribution in [-0.2, 0) is 19.1 Å². The number of unbranched alkanes of at least 4 members (excludes halogenated alkanes) is 10. The minimum Gasteiger partial charge on any atom is -0.466 e. The highest BCUT2D eigenvalue weighted by Crippen LogP contribution is 2.23. The second kappa shape index (κ2) is 21.2. The first-order valence-corrected chi connectivity index (χ1v) is 12.8. The summed E-state index contributed by atoms with van der Waals surface area (Å²) in [5.74, 6) is 0.948. The van der Waals surface area contributed by atoms with Gasteiger partial charge in [-0.15, -0.1) is 0 Å². The van der Waals surface area contributed by atoms with Crippen LogP contribution in [0.2, 0.25) is 0 Å². The van der Waals surface area contributed by atoms with Gasteiger partial charge in [-0.3, -0.25) is 9.59 Å². The third-order valence-corrected chi connectivity index (χ3v) is 5.76. The fourth-order valence-electron chi connectivity index (χ4n) is 3.71. The molecule has 1 unspecified atom stereocenters. The molecule has 0 N–H and O–H groups in total. The molecule has 4 nitrogen and oxygen atoms in total. The molecule has 178 valence electrons. The second-order valence-electron chi connectivity index (χ2n) is 9.08. The number of ether oxygens (including phenoxy) is 2. The Labute approximate surface area is 186 Å². The Morgan fingerprint density at radius 3 is 1.53 bits per heavy atom. The van der Waals surface area contributed by atoms with Gasteiger partial charge in [-0.25, -0.2) is 0 Å². The Morgan fingerprint density at radius 2 is 1.07 bits per heavy atom. The third-order valence-electron chi connectivity index (χ3n) is 5.76. The average molecular weight is 427 g/mol. The van der Waals surface area contributed by atoms with Crippen LogP contribution < -0.4 is 0 Å². The topological polar surface area (TPSA) is 52.6 Å². The molecular weight excluding hydrogens is 376 g/mol. The quantitative estimate of drug-likeness (QED) is 0.140. The Morgan fingerprint density at radius 1 is 0.633 bits per heavy atom. The van der Waals surface area contributed by atoms with Crippen molar-refractivity contribution >= 4 is 11.9 Å². The first-order chi connectivity index (χ1) is 14.5. The van der Waals surface area contributed by atoms with E-state index in [0.717, 1.165) is 32.1 Å². The van der Waals surface area contributed by atoms with Crippen LogP contribution in [0.25, 0.3) is 0 Å². The molecule has 0 heterocycles. The van der Waals surface area contributed by atoms with E-state index in [-0.39, 0.29) is 11.9 Å². The molecule has 4 heteroatoms. The fraction of sp³-hybridized carbons (Fsp3) is 0.923. The van der Waals surface area contributed by atoms with E-state index in [0.29, 0.717) is 37.9 Å². The van der Waals surface area contributed by atoms with E-state index in [9.17, 15) is 9.59 Å². The summed E-state index contributed by atoms with van der Waals surface area (Å²) < 4.78 is 10.3. The molecule has 0 aliphatic rings. The summed E-state index contributed by atoms with van der Waals surface area (Å²) in [7, 11) is 0. The van der Waals surface area contributed by atoms with Crippen molar-refractivity contribution in [2.24, 2.45) is 11.8 Å². The van der Waals surface area contributed by atoms with Crippen molar-refractivity contribution in [3.05, 3.63) is 0 Å². The first kappa shape index (κ1) is 28.9. The highest BCUT2D eigenvalue weighted by molar-refractivity contribution is 5.69. The molecule has 1 atom stereocenters. The van der Waals surface area contributed by atoms with Crippen molar-refractivity contribution in [2.45, 2.75) is 130 Å².